The molecule has 0 N–H and O–H groups in total. The van der Waals surface area contributed by atoms with Crippen molar-refractivity contribution >= 4 is 6.09 Å². The van der Waals surface area contributed by atoms with Crippen molar-refractivity contribution < 1.29 is 9.53 Å². The largest absolute Gasteiger partial charge is 0.444 e. The zero-order chi connectivity index (χ0) is 14.8. The SMILES string of the molecule is CN(C(=O)OC(C)(C)C)[C@H]1CCCC[C@H]1N1CCCC1. The van der Waals surface area contributed by atoms with Gasteiger partial charge in [0.1, 0.15) is 5.60 Å². The lowest BCUT2D eigenvalue weighted by molar-refractivity contribution is 0.00509. The molecule has 0 spiro atoms. The second-order valence-electron chi connectivity index (χ2n) is 7.25. The van der Waals surface area contributed by atoms with Gasteiger partial charge in [0.2, 0.25) is 0 Å². The number of amides is 1. The third kappa shape index (κ3) is 3.87. The average Bonchev–Trinajstić information content (AvgIpc) is 2.89. The molecule has 0 bridgehead atoms. The number of likely N-dealkylation sites (tertiary alicyclic amines) is 1. The average molecular weight is 282 g/mol. The van der Waals surface area contributed by atoms with Gasteiger partial charge in [-0.2, -0.15) is 0 Å². The van der Waals surface area contributed by atoms with Crippen LogP contribution in [0, 0.1) is 0 Å². The van der Waals surface area contributed by atoms with Crippen molar-refractivity contribution in [3.05, 3.63) is 0 Å². The summed E-state index contributed by atoms with van der Waals surface area (Å²) in [6.45, 7) is 8.18. The molecule has 0 unspecified atom stereocenters. The molecule has 0 radical (unpaired) electrons. The Balaban J connectivity index is 2.01. The number of likely N-dealkylation sites (N-methyl/N-ethyl adjacent to an activating group) is 1. The van der Waals surface area contributed by atoms with E-state index in [2.05, 4.69) is 4.90 Å². The van der Waals surface area contributed by atoms with Crippen LogP contribution >= 0.6 is 0 Å². The van der Waals surface area contributed by atoms with E-state index < -0.39 is 5.60 Å². The molecule has 4 heteroatoms. The van der Waals surface area contributed by atoms with Gasteiger partial charge < -0.3 is 9.64 Å². The van der Waals surface area contributed by atoms with Crippen LogP contribution in [0.3, 0.4) is 0 Å². The topological polar surface area (TPSA) is 32.8 Å². The summed E-state index contributed by atoms with van der Waals surface area (Å²) in [7, 11) is 1.91. The highest BCUT2D eigenvalue weighted by atomic mass is 16.6. The number of ether oxygens (including phenoxy) is 1. The van der Waals surface area contributed by atoms with Crippen LogP contribution in [0.1, 0.15) is 59.3 Å². The first-order valence-electron chi connectivity index (χ1n) is 8.08. The summed E-state index contributed by atoms with van der Waals surface area (Å²) in [6.07, 6.45) is 7.28. The molecule has 0 aromatic heterocycles. The molecule has 2 fully saturated rings. The molecular weight excluding hydrogens is 252 g/mol. The highest BCUT2D eigenvalue weighted by Gasteiger charge is 2.36. The molecule has 20 heavy (non-hydrogen) atoms. The van der Waals surface area contributed by atoms with Gasteiger partial charge in [0, 0.05) is 13.1 Å². The Bertz CT molecular complexity index is 332. The molecule has 116 valence electrons. The van der Waals surface area contributed by atoms with Gasteiger partial charge in [-0.3, -0.25) is 4.90 Å². The second kappa shape index (κ2) is 6.33. The van der Waals surface area contributed by atoms with Gasteiger partial charge in [-0.15, -0.1) is 0 Å². The lowest BCUT2D eigenvalue weighted by Crippen LogP contribution is -2.53. The molecular formula is C16H30N2O2. The van der Waals surface area contributed by atoms with Crippen molar-refractivity contribution in [1.29, 1.82) is 0 Å². The van der Waals surface area contributed by atoms with Crippen LogP contribution < -0.4 is 0 Å². The Labute approximate surface area is 123 Å². The number of hydrogen-bond donors (Lipinski definition) is 0. The number of hydrogen-bond acceptors (Lipinski definition) is 3. The normalized spacial score (nSPS) is 28.4. The van der Waals surface area contributed by atoms with Gasteiger partial charge in [-0.05, 0) is 59.5 Å². The fourth-order valence-corrected chi connectivity index (χ4v) is 3.51. The van der Waals surface area contributed by atoms with Gasteiger partial charge in [-0.25, -0.2) is 4.79 Å². The Morgan fingerprint density at radius 3 is 2.30 bits per heavy atom. The zero-order valence-corrected chi connectivity index (χ0v) is 13.5. The van der Waals surface area contributed by atoms with E-state index in [1.165, 1.54) is 45.2 Å². The van der Waals surface area contributed by atoms with Crippen LogP contribution in [-0.4, -0.2) is 53.7 Å². The summed E-state index contributed by atoms with van der Waals surface area (Å²) < 4.78 is 5.53. The molecule has 2 aliphatic rings. The summed E-state index contributed by atoms with van der Waals surface area (Å²) in [6, 6.07) is 0.848. The molecule has 1 heterocycles. The van der Waals surface area contributed by atoms with Crippen molar-refractivity contribution in [1.82, 2.24) is 9.80 Å². The van der Waals surface area contributed by atoms with Crippen LogP contribution in [0.4, 0.5) is 4.79 Å². The number of carbonyl (C=O) groups excluding carboxylic acids is 1. The monoisotopic (exact) mass is 282 g/mol. The molecule has 1 aliphatic heterocycles. The molecule has 2 atom stereocenters. The Hall–Kier alpha value is -0.770. The van der Waals surface area contributed by atoms with Crippen molar-refractivity contribution in [2.75, 3.05) is 20.1 Å². The lowest BCUT2D eigenvalue weighted by Gasteiger charge is -2.42. The quantitative estimate of drug-likeness (QED) is 0.779. The number of rotatable bonds is 2. The third-order valence-electron chi connectivity index (χ3n) is 4.48. The summed E-state index contributed by atoms with van der Waals surface area (Å²) in [5.74, 6) is 0. The first-order chi connectivity index (χ1) is 9.38. The molecule has 1 amide bonds. The Morgan fingerprint density at radius 1 is 1.10 bits per heavy atom. The molecule has 0 aromatic rings. The molecule has 1 saturated heterocycles. The highest BCUT2D eigenvalue weighted by molar-refractivity contribution is 5.68. The smallest absolute Gasteiger partial charge is 0.410 e. The van der Waals surface area contributed by atoms with Crippen molar-refractivity contribution in [2.24, 2.45) is 0 Å². The molecule has 0 aromatic carbocycles. The molecule has 4 nitrogen and oxygen atoms in total. The fourth-order valence-electron chi connectivity index (χ4n) is 3.51. The maximum absolute atomic E-state index is 12.3. The second-order valence-corrected chi connectivity index (χ2v) is 7.25. The minimum absolute atomic E-state index is 0.173. The lowest BCUT2D eigenvalue weighted by atomic mass is 9.88. The summed E-state index contributed by atoms with van der Waals surface area (Å²) in [5.41, 5.74) is -0.414. The minimum atomic E-state index is -0.414. The van der Waals surface area contributed by atoms with Gasteiger partial charge in [0.05, 0.1) is 6.04 Å². The van der Waals surface area contributed by atoms with E-state index in [9.17, 15) is 4.79 Å². The standard InChI is InChI=1S/C16H30N2O2/c1-16(2,3)20-15(19)17(4)13-9-5-6-10-14(13)18-11-7-8-12-18/h13-14H,5-12H2,1-4H3/t13-,14+/m0/s1. The van der Waals surface area contributed by atoms with E-state index in [4.69, 9.17) is 4.74 Å². The predicted molar refractivity (Wildman–Crippen MR) is 80.8 cm³/mol. The Morgan fingerprint density at radius 2 is 1.70 bits per heavy atom. The maximum atomic E-state index is 12.3. The van der Waals surface area contributed by atoms with E-state index >= 15 is 0 Å². The van der Waals surface area contributed by atoms with Gasteiger partial charge >= 0.3 is 6.09 Å². The van der Waals surface area contributed by atoms with Crippen molar-refractivity contribution in [3.8, 4) is 0 Å². The summed E-state index contributed by atoms with van der Waals surface area (Å²) in [4.78, 5) is 16.7. The van der Waals surface area contributed by atoms with Gasteiger partial charge in [0.15, 0.2) is 0 Å². The van der Waals surface area contributed by atoms with Crippen molar-refractivity contribution in [3.63, 3.8) is 0 Å². The molecule has 1 saturated carbocycles. The van der Waals surface area contributed by atoms with Crippen LogP contribution in [0.5, 0.6) is 0 Å². The van der Waals surface area contributed by atoms with Crippen LogP contribution in [0.15, 0.2) is 0 Å². The number of carbonyl (C=O) groups is 1. The van der Waals surface area contributed by atoms with E-state index in [0.717, 1.165) is 6.42 Å². The van der Waals surface area contributed by atoms with E-state index in [1.807, 2.05) is 32.7 Å². The van der Waals surface area contributed by atoms with Crippen LogP contribution in [-0.2, 0) is 4.74 Å². The molecule has 2 rings (SSSR count). The summed E-state index contributed by atoms with van der Waals surface area (Å²) >= 11 is 0. The third-order valence-corrected chi connectivity index (χ3v) is 4.48. The van der Waals surface area contributed by atoms with E-state index in [0.29, 0.717) is 12.1 Å². The summed E-state index contributed by atoms with van der Waals surface area (Å²) in [5, 5.41) is 0. The van der Waals surface area contributed by atoms with Gasteiger partial charge in [-0.1, -0.05) is 12.8 Å². The Kier molecular flexibility index (Phi) is 4.95. The van der Waals surface area contributed by atoms with Crippen molar-refractivity contribution in [2.45, 2.75) is 77.0 Å². The number of nitrogens with zero attached hydrogens (tertiary/aromatic N) is 2. The fraction of sp³-hybridized carbons (Fsp3) is 0.938. The first kappa shape index (κ1) is 15.6. The van der Waals surface area contributed by atoms with Crippen LogP contribution in [0.25, 0.3) is 0 Å². The van der Waals surface area contributed by atoms with E-state index in [-0.39, 0.29) is 6.09 Å². The highest BCUT2D eigenvalue weighted by Crippen LogP contribution is 2.29. The van der Waals surface area contributed by atoms with Gasteiger partial charge in [0.25, 0.3) is 0 Å². The van der Waals surface area contributed by atoms with Crippen LogP contribution in [0.2, 0.25) is 0 Å². The first-order valence-corrected chi connectivity index (χ1v) is 8.08. The minimum Gasteiger partial charge on any atom is -0.444 e. The van der Waals surface area contributed by atoms with E-state index in [1.54, 1.807) is 0 Å². The molecule has 1 aliphatic carbocycles. The predicted octanol–water partition coefficient (Wildman–Crippen LogP) is 3.26. The maximum Gasteiger partial charge on any atom is 0.410 e. The zero-order valence-electron chi connectivity index (χ0n) is 13.5.